The van der Waals surface area contributed by atoms with E-state index in [-0.39, 0.29) is 6.10 Å². The molecule has 0 saturated heterocycles. The quantitative estimate of drug-likeness (QED) is 0.672. The molecule has 1 heteroatoms. The van der Waals surface area contributed by atoms with Crippen LogP contribution in [0.25, 0.3) is 0 Å². The molecule has 0 heterocycles. The summed E-state index contributed by atoms with van der Waals surface area (Å²) in [5.74, 6) is 1.50. The molecule has 0 amide bonds. The summed E-state index contributed by atoms with van der Waals surface area (Å²) in [5, 5.41) is 0. The van der Waals surface area contributed by atoms with Gasteiger partial charge in [-0.05, 0) is 37.0 Å². The lowest BCUT2D eigenvalue weighted by molar-refractivity contribution is 0.268. The van der Waals surface area contributed by atoms with Crippen LogP contribution in [0, 0.1) is 6.92 Å². The third-order valence-corrected chi connectivity index (χ3v) is 2.52. The molecule has 0 radical (unpaired) electrons. The van der Waals surface area contributed by atoms with Crippen LogP contribution in [0.5, 0.6) is 5.75 Å². The van der Waals surface area contributed by atoms with Gasteiger partial charge in [-0.15, -0.1) is 0 Å². The van der Waals surface area contributed by atoms with E-state index in [0.29, 0.717) is 5.92 Å². The van der Waals surface area contributed by atoms with Crippen molar-refractivity contribution in [3.63, 3.8) is 0 Å². The van der Waals surface area contributed by atoms with E-state index in [2.05, 4.69) is 45.5 Å². The monoisotopic (exact) mass is 204 g/mol. The molecular formula is C14H20O. The Labute approximate surface area is 92.8 Å². The third-order valence-electron chi connectivity index (χ3n) is 2.52. The first-order valence-electron chi connectivity index (χ1n) is 5.44. The zero-order valence-electron chi connectivity index (χ0n) is 10.1. The summed E-state index contributed by atoms with van der Waals surface area (Å²) in [6, 6.07) is 6.39. The number of benzene rings is 1. The minimum atomic E-state index is 0.0612. The Bertz CT molecular complexity index is 339. The van der Waals surface area contributed by atoms with Gasteiger partial charge in [-0.1, -0.05) is 38.6 Å². The lowest BCUT2D eigenvalue weighted by Crippen LogP contribution is -2.08. The first kappa shape index (κ1) is 11.8. The molecule has 0 fully saturated rings. The van der Waals surface area contributed by atoms with E-state index < -0.39 is 0 Å². The van der Waals surface area contributed by atoms with Crippen LogP contribution in [0.1, 0.15) is 37.8 Å². The Balaban J connectivity index is 2.95. The summed E-state index contributed by atoms with van der Waals surface area (Å²) in [4.78, 5) is 0. The maximum absolute atomic E-state index is 5.77. The molecule has 0 spiro atoms. The zero-order chi connectivity index (χ0) is 11.4. The molecule has 0 N–H and O–H groups in total. The molecule has 1 rings (SSSR count). The van der Waals surface area contributed by atoms with Crippen molar-refractivity contribution in [2.75, 3.05) is 0 Å². The van der Waals surface area contributed by atoms with Gasteiger partial charge in [-0.2, -0.15) is 0 Å². The molecule has 1 aromatic carbocycles. The van der Waals surface area contributed by atoms with E-state index in [9.17, 15) is 0 Å². The Morgan fingerprint density at radius 1 is 1.27 bits per heavy atom. The summed E-state index contributed by atoms with van der Waals surface area (Å²) in [7, 11) is 0. The Morgan fingerprint density at radius 3 is 2.47 bits per heavy atom. The van der Waals surface area contributed by atoms with E-state index >= 15 is 0 Å². The van der Waals surface area contributed by atoms with Crippen LogP contribution in [0.15, 0.2) is 30.9 Å². The van der Waals surface area contributed by atoms with E-state index in [1.54, 1.807) is 0 Å². The summed E-state index contributed by atoms with van der Waals surface area (Å²) in [6.45, 7) is 12.2. The van der Waals surface area contributed by atoms with Gasteiger partial charge in [-0.25, -0.2) is 0 Å². The van der Waals surface area contributed by atoms with Crippen LogP contribution in [0.2, 0.25) is 0 Å². The second-order valence-corrected chi connectivity index (χ2v) is 4.24. The topological polar surface area (TPSA) is 9.23 Å². The zero-order valence-corrected chi connectivity index (χ0v) is 10.1. The predicted octanol–water partition coefficient (Wildman–Crippen LogP) is 4.07. The van der Waals surface area contributed by atoms with Gasteiger partial charge >= 0.3 is 0 Å². The number of ether oxygens (including phenoxy) is 1. The molecule has 0 saturated carbocycles. The van der Waals surface area contributed by atoms with E-state index in [1.807, 2.05) is 13.0 Å². The molecule has 1 nitrogen and oxygen atoms in total. The van der Waals surface area contributed by atoms with Gasteiger partial charge in [0.2, 0.25) is 0 Å². The van der Waals surface area contributed by atoms with Gasteiger partial charge in [0.15, 0.2) is 0 Å². The van der Waals surface area contributed by atoms with Gasteiger partial charge in [-0.3, -0.25) is 0 Å². The van der Waals surface area contributed by atoms with Crippen LogP contribution in [0.3, 0.4) is 0 Å². The second-order valence-electron chi connectivity index (χ2n) is 4.24. The SMILES string of the molecule is C=CC(C)Oc1cc(C(C)C)ccc1C. The van der Waals surface area contributed by atoms with Crippen molar-refractivity contribution in [1.82, 2.24) is 0 Å². The average Bonchev–Trinajstić information content (AvgIpc) is 2.20. The van der Waals surface area contributed by atoms with Crippen LogP contribution in [-0.2, 0) is 0 Å². The lowest BCUT2D eigenvalue weighted by atomic mass is 10.0. The Hall–Kier alpha value is -1.24. The number of hydrogen-bond donors (Lipinski definition) is 0. The molecule has 1 unspecified atom stereocenters. The number of aryl methyl sites for hydroxylation is 1. The molecule has 1 atom stereocenters. The van der Waals surface area contributed by atoms with Gasteiger partial charge in [0.05, 0.1) is 0 Å². The Kier molecular flexibility index (Phi) is 3.96. The van der Waals surface area contributed by atoms with Crippen LogP contribution in [-0.4, -0.2) is 6.10 Å². The van der Waals surface area contributed by atoms with Crippen molar-refractivity contribution in [2.24, 2.45) is 0 Å². The fourth-order valence-corrected chi connectivity index (χ4v) is 1.35. The van der Waals surface area contributed by atoms with E-state index in [4.69, 9.17) is 4.74 Å². The first-order chi connectivity index (χ1) is 7.04. The van der Waals surface area contributed by atoms with Crippen LogP contribution in [0.4, 0.5) is 0 Å². The van der Waals surface area contributed by atoms with Crippen molar-refractivity contribution in [3.8, 4) is 5.75 Å². The molecule has 82 valence electrons. The minimum absolute atomic E-state index is 0.0612. The largest absolute Gasteiger partial charge is 0.486 e. The van der Waals surface area contributed by atoms with Gasteiger partial charge in [0.25, 0.3) is 0 Å². The molecule has 0 aromatic heterocycles. The molecule has 1 aromatic rings. The van der Waals surface area contributed by atoms with Crippen LogP contribution >= 0.6 is 0 Å². The normalized spacial score (nSPS) is 12.6. The summed E-state index contributed by atoms with van der Waals surface area (Å²) >= 11 is 0. The van der Waals surface area contributed by atoms with Gasteiger partial charge in [0, 0.05) is 0 Å². The average molecular weight is 204 g/mol. The molecule has 0 bridgehead atoms. The Morgan fingerprint density at radius 2 is 1.93 bits per heavy atom. The third kappa shape index (κ3) is 3.12. The highest BCUT2D eigenvalue weighted by atomic mass is 16.5. The molecule has 15 heavy (non-hydrogen) atoms. The number of hydrogen-bond acceptors (Lipinski definition) is 1. The van der Waals surface area contributed by atoms with E-state index in [1.165, 1.54) is 11.1 Å². The van der Waals surface area contributed by atoms with Gasteiger partial charge in [0.1, 0.15) is 11.9 Å². The highest BCUT2D eigenvalue weighted by molar-refractivity contribution is 5.38. The standard InChI is InChI=1S/C14H20O/c1-6-12(5)15-14-9-13(10(2)3)8-7-11(14)4/h6-10,12H,1H2,2-5H3. The summed E-state index contributed by atoms with van der Waals surface area (Å²) in [6.07, 6.45) is 1.87. The molecule has 0 aliphatic carbocycles. The van der Waals surface area contributed by atoms with Crippen molar-refractivity contribution in [3.05, 3.63) is 42.0 Å². The number of rotatable bonds is 4. The van der Waals surface area contributed by atoms with Crippen molar-refractivity contribution in [1.29, 1.82) is 0 Å². The first-order valence-corrected chi connectivity index (χ1v) is 5.44. The fraction of sp³-hybridized carbons (Fsp3) is 0.429. The second kappa shape index (κ2) is 5.01. The van der Waals surface area contributed by atoms with Crippen molar-refractivity contribution >= 4 is 0 Å². The fourth-order valence-electron chi connectivity index (χ4n) is 1.35. The minimum Gasteiger partial charge on any atom is -0.486 e. The van der Waals surface area contributed by atoms with Crippen LogP contribution < -0.4 is 4.74 Å². The summed E-state index contributed by atoms with van der Waals surface area (Å²) < 4.78 is 5.77. The maximum Gasteiger partial charge on any atom is 0.123 e. The van der Waals surface area contributed by atoms with Crippen molar-refractivity contribution in [2.45, 2.75) is 39.7 Å². The van der Waals surface area contributed by atoms with Crippen molar-refractivity contribution < 1.29 is 4.74 Å². The maximum atomic E-state index is 5.77. The molecule has 0 aliphatic rings. The summed E-state index contributed by atoms with van der Waals surface area (Å²) in [5.41, 5.74) is 2.49. The van der Waals surface area contributed by atoms with Gasteiger partial charge < -0.3 is 4.74 Å². The predicted molar refractivity (Wildman–Crippen MR) is 65.6 cm³/mol. The smallest absolute Gasteiger partial charge is 0.123 e. The lowest BCUT2D eigenvalue weighted by Gasteiger charge is -2.15. The highest BCUT2D eigenvalue weighted by Crippen LogP contribution is 2.25. The molecular weight excluding hydrogens is 184 g/mol. The molecule has 0 aliphatic heterocycles. The highest BCUT2D eigenvalue weighted by Gasteiger charge is 2.06. The van der Waals surface area contributed by atoms with E-state index in [0.717, 1.165) is 5.75 Å².